The zero-order valence-corrected chi connectivity index (χ0v) is 41.4. The molecule has 10 rings (SSSR count). The summed E-state index contributed by atoms with van der Waals surface area (Å²) >= 11 is 0. The van der Waals surface area contributed by atoms with E-state index in [2.05, 4.69) is 140 Å². The van der Waals surface area contributed by atoms with Crippen molar-refractivity contribution in [2.75, 3.05) is 0 Å². The Bertz CT molecular complexity index is 3830. The Morgan fingerprint density at radius 3 is 2.03 bits per heavy atom. The van der Waals surface area contributed by atoms with Gasteiger partial charge in [-0.05, 0) is 85.2 Å². The second-order valence-corrected chi connectivity index (χ2v) is 20.0. The Hall–Kier alpha value is -6.55. The summed E-state index contributed by atoms with van der Waals surface area (Å²) in [4.78, 5) is 4.71. The first-order valence-electron chi connectivity index (χ1n) is 26.3. The van der Waals surface area contributed by atoms with Gasteiger partial charge in [0.1, 0.15) is 5.82 Å². The number of ether oxygens (including phenoxy) is 1. The molecule has 5 nitrogen and oxygen atoms in total. The third-order valence-corrected chi connectivity index (χ3v) is 12.3. The predicted molar refractivity (Wildman–Crippen MR) is 272 cm³/mol. The smallest absolute Gasteiger partial charge is 0.268 e. The number of hydrogen-bond donors (Lipinski definition) is 0. The van der Waals surface area contributed by atoms with E-state index in [-0.39, 0.29) is 59.8 Å². The molecule has 0 fully saturated rings. The number of rotatable bonds is 7. The van der Waals surface area contributed by atoms with Gasteiger partial charge in [-0.1, -0.05) is 177 Å². The average molecular weight is 1060 g/mol. The number of hydrogen-bond acceptors (Lipinski definition) is 2. The van der Waals surface area contributed by atoms with Crippen molar-refractivity contribution in [3.05, 3.63) is 198 Å². The first-order chi connectivity index (χ1) is 34.8. The fourth-order valence-electron chi connectivity index (χ4n) is 8.74. The minimum atomic E-state index is -2.75. The van der Waals surface area contributed by atoms with E-state index in [0.29, 0.717) is 22.7 Å². The zero-order valence-electron chi connectivity index (χ0n) is 47.1. The van der Waals surface area contributed by atoms with Crippen molar-refractivity contribution in [1.29, 1.82) is 0 Å². The van der Waals surface area contributed by atoms with E-state index in [1.807, 2.05) is 65.2 Å². The molecule has 3 aromatic heterocycles. The molecule has 0 atom stereocenters. The van der Waals surface area contributed by atoms with Crippen LogP contribution in [0.25, 0.3) is 72.3 Å². The summed E-state index contributed by atoms with van der Waals surface area (Å²) in [6.07, 6.45) is 5.05. The van der Waals surface area contributed by atoms with Crippen LogP contribution in [0.2, 0.25) is 0 Å². The summed E-state index contributed by atoms with van der Waals surface area (Å²) in [6.45, 7) is 17.6. The number of pyridine rings is 1. The molecule has 0 amide bonds. The van der Waals surface area contributed by atoms with Crippen LogP contribution in [-0.4, -0.2) is 14.1 Å². The molecule has 0 aliphatic heterocycles. The summed E-state index contributed by atoms with van der Waals surface area (Å²) in [5.41, 5.74) is 10.0. The molecule has 6 heteroatoms. The van der Waals surface area contributed by atoms with Crippen LogP contribution in [0.1, 0.15) is 95.5 Å². The molecule has 0 aliphatic carbocycles. The predicted octanol–water partition coefficient (Wildman–Crippen LogP) is 15.1. The Labute approximate surface area is 421 Å². The minimum absolute atomic E-state index is 0. The number of nitrogens with zero attached hydrogens (tertiary/aromatic N) is 4. The van der Waals surface area contributed by atoms with Crippen molar-refractivity contribution in [1.82, 2.24) is 14.1 Å². The molecular weight excluding hydrogens is 1000 g/mol. The van der Waals surface area contributed by atoms with Crippen LogP contribution in [0, 0.1) is 25.3 Å². The summed E-state index contributed by atoms with van der Waals surface area (Å²) in [6, 6.07) is 44.7. The Balaban J connectivity index is 0.00000689. The standard InChI is InChI=1S/C61H56N4O.Pt/c1-40-32-57(62-38-51(40)41-20-12-11-13-21-41)65-53-27-15-14-24-49(53)50-31-30-47(37-56(50)65)66-46-23-18-22-45(36-46)63-39-64(55-29-17-16-28-54(55)63)58-48(25-19-26-52(58)61(8,9)10)42-33-43(59(2,3)4)35-44(34-42)60(5,6)7;/h11-35,38H,1-10H3;/q-2;/i1D3,11D,12D,13D,20D,21D;. The first kappa shape index (κ1) is 36.6. The largest absolute Gasteiger partial charge is 0.510 e. The van der Waals surface area contributed by atoms with Gasteiger partial charge < -0.3 is 13.9 Å². The molecule has 67 heavy (non-hydrogen) atoms. The van der Waals surface area contributed by atoms with Crippen molar-refractivity contribution >= 4 is 32.8 Å². The molecule has 338 valence electrons. The van der Waals surface area contributed by atoms with E-state index in [9.17, 15) is 0 Å². The van der Waals surface area contributed by atoms with E-state index in [0.717, 1.165) is 44.1 Å². The number of aryl methyl sites for hydroxylation is 1. The molecule has 0 unspecified atom stereocenters. The SMILES string of the molecule is [2H]c1c([2H])c([2H])c(-c2cnc(-n3c4[c-]c(Oc5[c-]c(-n6[c-][n+](-c7c(-c8cc(C(C)(C)C)cc(C(C)(C)C)c8)cccc7C(C)(C)C)c7ccccc76)ccc5)ccc4c4ccccc43)cc2C([2H])([2H])[2H])c([2H])c1[2H].[Pt]. The van der Waals surface area contributed by atoms with Gasteiger partial charge in [-0.3, -0.25) is 4.57 Å². The maximum Gasteiger partial charge on any atom is 0.268 e. The van der Waals surface area contributed by atoms with Crippen LogP contribution in [-0.2, 0) is 37.3 Å². The van der Waals surface area contributed by atoms with E-state index in [1.165, 1.54) is 29.0 Å². The zero-order chi connectivity index (χ0) is 53.0. The summed E-state index contributed by atoms with van der Waals surface area (Å²) in [5, 5.41) is 1.67. The van der Waals surface area contributed by atoms with Gasteiger partial charge in [0.2, 0.25) is 0 Å². The second-order valence-electron chi connectivity index (χ2n) is 20.0. The third kappa shape index (κ3) is 8.55. The molecule has 7 aromatic carbocycles. The molecule has 0 N–H and O–H groups in total. The Morgan fingerprint density at radius 1 is 0.627 bits per heavy atom. The van der Waals surface area contributed by atoms with Gasteiger partial charge in [-0.25, -0.2) is 4.98 Å². The normalized spacial score (nSPS) is 14.1. The van der Waals surface area contributed by atoms with Crippen molar-refractivity contribution < 1.29 is 41.3 Å². The molecule has 3 heterocycles. The first-order valence-corrected chi connectivity index (χ1v) is 22.3. The van der Waals surface area contributed by atoms with Gasteiger partial charge in [-0.2, -0.15) is 18.2 Å². The van der Waals surface area contributed by atoms with Crippen LogP contribution < -0.4 is 9.30 Å². The monoisotopic (exact) mass is 1060 g/mol. The van der Waals surface area contributed by atoms with Crippen molar-refractivity contribution in [2.45, 2.75) is 85.4 Å². The number of imidazole rings is 1. The van der Waals surface area contributed by atoms with E-state index >= 15 is 0 Å². The molecule has 0 aliphatic rings. The van der Waals surface area contributed by atoms with Gasteiger partial charge in [0.15, 0.2) is 0 Å². The summed E-state index contributed by atoms with van der Waals surface area (Å²) in [5.74, 6) is 1.03. The molecule has 10 aromatic rings. The molecule has 0 saturated heterocycles. The van der Waals surface area contributed by atoms with Crippen molar-refractivity contribution in [3.8, 4) is 50.9 Å². The molecule has 0 saturated carbocycles. The van der Waals surface area contributed by atoms with Crippen LogP contribution >= 0.6 is 0 Å². The van der Waals surface area contributed by atoms with Gasteiger partial charge in [0, 0.05) is 54.0 Å². The topological polar surface area (TPSA) is 35.9 Å². The van der Waals surface area contributed by atoms with Crippen LogP contribution in [0.4, 0.5) is 0 Å². The maximum absolute atomic E-state index is 8.63. The van der Waals surface area contributed by atoms with E-state index in [1.54, 1.807) is 4.57 Å². The number of fused-ring (bicyclic) bond motifs is 4. The summed E-state index contributed by atoms with van der Waals surface area (Å²) < 4.78 is 80.2. The Morgan fingerprint density at radius 2 is 1.31 bits per heavy atom. The number of benzene rings is 7. The summed E-state index contributed by atoms with van der Waals surface area (Å²) in [7, 11) is 0. The van der Waals surface area contributed by atoms with E-state index in [4.69, 9.17) is 20.7 Å². The average Bonchev–Trinajstić information content (AvgIpc) is 3.90. The minimum Gasteiger partial charge on any atom is -0.510 e. The quantitative estimate of drug-likeness (QED) is 0.118. The van der Waals surface area contributed by atoms with Crippen LogP contribution in [0.5, 0.6) is 11.5 Å². The number of para-hydroxylation sites is 4. The van der Waals surface area contributed by atoms with Crippen LogP contribution in [0.3, 0.4) is 0 Å². The van der Waals surface area contributed by atoms with Crippen LogP contribution in [0.15, 0.2) is 158 Å². The third-order valence-electron chi connectivity index (χ3n) is 12.3. The van der Waals surface area contributed by atoms with E-state index < -0.39 is 37.1 Å². The van der Waals surface area contributed by atoms with Gasteiger partial charge in [-0.15, -0.1) is 29.7 Å². The molecule has 0 bridgehead atoms. The number of aromatic nitrogens is 4. The molecular formula is C61H56N4OPt-2. The van der Waals surface area contributed by atoms with Gasteiger partial charge >= 0.3 is 0 Å². The van der Waals surface area contributed by atoms with Gasteiger partial charge in [0.05, 0.1) is 23.6 Å². The maximum atomic E-state index is 8.63. The molecule has 0 radical (unpaired) electrons. The second kappa shape index (κ2) is 17.3. The fourth-order valence-corrected chi connectivity index (χ4v) is 8.74. The van der Waals surface area contributed by atoms with Crippen molar-refractivity contribution in [2.24, 2.45) is 0 Å². The van der Waals surface area contributed by atoms with Gasteiger partial charge in [0.25, 0.3) is 6.33 Å². The fraction of sp³-hybridized carbons (Fsp3) is 0.213. The molecule has 0 spiro atoms. The van der Waals surface area contributed by atoms with Crippen molar-refractivity contribution in [3.63, 3.8) is 0 Å². The Kier molecular flexibility index (Phi) is 9.42.